The highest BCUT2D eigenvalue weighted by Crippen LogP contribution is 2.55. The maximum atomic E-state index is 15.3. The fourth-order valence-electron chi connectivity index (χ4n) is 12.1. The van der Waals surface area contributed by atoms with Crippen molar-refractivity contribution in [3.8, 4) is 29.1 Å². The van der Waals surface area contributed by atoms with E-state index in [0.717, 1.165) is 30.4 Å². The second kappa shape index (κ2) is 15.8. The second-order valence-corrected chi connectivity index (χ2v) is 18.3. The van der Waals surface area contributed by atoms with E-state index < -0.39 is 52.9 Å². The number of phenols is 2. The number of carbonyl (C=O) groups is 3. The summed E-state index contributed by atoms with van der Waals surface area (Å²) >= 11 is 0. The van der Waals surface area contributed by atoms with Crippen LogP contribution in [0.15, 0.2) is 66.2 Å². The monoisotopic (exact) mass is 814 g/mol. The molecule has 10 nitrogen and oxygen atoms in total. The minimum absolute atomic E-state index is 0.0643. The highest BCUT2D eigenvalue weighted by atomic mass is 16.6. The Kier molecular flexibility index (Phi) is 10.7. The Morgan fingerprint density at radius 3 is 2.47 bits per heavy atom. The van der Waals surface area contributed by atoms with Gasteiger partial charge in [0.15, 0.2) is 0 Å². The Bertz CT molecular complexity index is 2310. The highest BCUT2D eigenvalue weighted by Gasteiger charge is 2.59. The molecule has 3 aliphatic carbocycles. The van der Waals surface area contributed by atoms with E-state index >= 15 is 4.79 Å². The van der Waals surface area contributed by atoms with Gasteiger partial charge in [-0.05, 0) is 115 Å². The number of benzene rings is 3. The van der Waals surface area contributed by atoms with Crippen LogP contribution in [0.2, 0.25) is 0 Å². The number of aromatic hydroxyl groups is 2. The average molecular weight is 815 g/mol. The van der Waals surface area contributed by atoms with Crippen LogP contribution >= 0.6 is 0 Å². The lowest BCUT2D eigenvalue weighted by molar-refractivity contribution is -0.212. The van der Waals surface area contributed by atoms with Crippen molar-refractivity contribution >= 4 is 17.7 Å². The summed E-state index contributed by atoms with van der Waals surface area (Å²) in [6, 6.07) is 16.0. The van der Waals surface area contributed by atoms with E-state index in [1.54, 1.807) is 18.2 Å². The molecule has 0 amide bonds. The summed E-state index contributed by atoms with van der Waals surface area (Å²) < 4.78 is 12.3. The zero-order valence-electron chi connectivity index (χ0n) is 34.1. The molecule has 9 atom stereocenters. The number of hydrogen-bond donors (Lipinski definition) is 5. The third-order valence-electron chi connectivity index (χ3n) is 15.2. The molecule has 5 N–H and O–H groups in total. The number of hydrogen-bond acceptors (Lipinski definition) is 10. The molecule has 314 valence electrons. The molecule has 3 saturated carbocycles. The number of esters is 2. The predicted molar refractivity (Wildman–Crippen MR) is 221 cm³/mol. The number of rotatable bonds is 3. The van der Waals surface area contributed by atoms with Crippen molar-refractivity contribution in [3.63, 3.8) is 0 Å². The van der Waals surface area contributed by atoms with Crippen molar-refractivity contribution in [2.45, 2.75) is 132 Å². The summed E-state index contributed by atoms with van der Waals surface area (Å²) in [5, 5.41) is 58.7. The average Bonchev–Trinajstić information content (AvgIpc) is 3.74. The SMILES string of the molecule is CC[C@H]1CC[C@@H]2[C@H]3Cc4cccc(c4)C4(CCCC4)[C@H](O)/C=C4/C[C@@H](c5cc(O)cc(CO)c5)C#C[C@@H]5CC(=O)Oc6cc(O)c(cc65)C[C@@H](OC4=O)[C@@]1(O)[C@H]2CCC3=O. The van der Waals surface area contributed by atoms with Gasteiger partial charge in [-0.1, -0.05) is 68.4 Å². The lowest BCUT2D eigenvalue weighted by Crippen LogP contribution is -2.63. The van der Waals surface area contributed by atoms with E-state index in [-0.39, 0.29) is 78.6 Å². The lowest BCUT2D eigenvalue weighted by atomic mass is 9.53. The number of fused-ring (bicyclic) bond motifs is 8. The van der Waals surface area contributed by atoms with Crippen LogP contribution in [0.3, 0.4) is 0 Å². The van der Waals surface area contributed by atoms with Gasteiger partial charge in [0.05, 0.1) is 25.0 Å². The summed E-state index contributed by atoms with van der Waals surface area (Å²) in [5.74, 6) is 2.75. The predicted octanol–water partition coefficient (Wildman–Crippen LogP) is 6.75. The molecule has 10 heteroatoms. The molecule has 60 heavy (non-hydrogen) atoms. The Hall–Kier alpha value is -4.95. The number of carbonyl (C=O) groups excluding carboxylic acids is 3. The molecule has 1 spiro atoms. The van der Waals surface area contributed by atoms with Crippen LogP contribution in [0, 0.1) is 35.5 Å². The number of aliphatic hydroxyl groups is 3. The second-order valence-electron chi connectivity index (χ2n) is 18.3. The van der Waals surface area contributed by atoms with Crippen molar-refractivity contribution in [1.82, 2.24) is 0 Å². The van der Waals surface area contributed by atoms with E-state index in [9.17, 15) is 35.1 Å². The molecular weight excluding hydrogens is 761 g/mol. The molecule has 0 unspecified atom stereocenters. The van der Waals surface area contributed by atoms with Crippen molar-refractivity contribution < 1.29 is 49.4 Å². The molecule has 3 aliphatic heterocycles. The normalized spacial score (nSPS) is 33.0. The van der Waals surface area contributed by atoms with E-state index in [2.05, 4.69) is 24.0 Å². The molecule has 10 bridgehead atoms. The van der Waals surface area contributed by atoms with Crippen LogP contribution in [-0.4, -0.2) is 61.1 Å². The zero-order chi connectivity index (χ0) is 41.9. The Balaban J connectivity index is 1.30. The number of aliphatic hydroxyl groups excluding tert-OH is 2. The topological polar surface area (TPSA) is 171 Å². The van der Waals surface area contributed by atoms with E-state index in [1.165, 1.54) is 18.2 Å². The number of ether oxygens (including phenoxy) is 2. The van der Waals surface area contributed by atoms with Gasteiger partial charge in [0, 0.05) is 47.3 Å². The van der Waals surface area contributed by atoms with E-state index in [1.807, 2.05) is 19.1 Å². The van der Waals surface area contributed by atoms with Gasteiger partial charge in [0.1, 0.15) is 34.7 Å². The minimum atomic E-state index is -1.60. The Morgan fingerprint density at radius 1 is 0.883 bits per heavy atom. The summed E-state index contributed by atoms with van der Waals surface area (Å²) in [7, 11) is 0. The third kappa shape index (κ3) is 7.02. The number of ketones is 1. The Morgan fingerprint density at radius 2 is 1.68 bits per heavy atom. The molecule has 3 aromatic carbocycles. The van der Waals surface area contributed by atoms with E-state index in [0.29, 0.717) is 60.8 Å². The lowest BCUT2D eigenvalue weighted by Gasteiger charge is -2.56. The van der Waals surface area contributed by atoms with Crippen LogP contribution in [0.1, 0.15) is 123 Å². The molecule has 3 aromatic rings. The number of Topliss-reactive ketones (excluding diaryl/α,β-unsaturated/α-hetero) is 1. The molecule has 0 saturated heterocycles. The van der Waals surface area contributed by atoms with Crippen LogP contribution < -0.4 is 4.74 Å². The van der Waals surface area contributed by atoms with Gasteiger partial charge in [-0.3, -0.25) is 9.59 Å². The summed E-state index contributed by atoms with van der Waals surface area (Å²) in [4.78, 5) is 42.3. The van der Waals surface area contributed by atoms with Crippen molar-refractivity contribution in [1.29, 1.82) is 0 Å². The zero-order valence-corrected chi connectivity index (χ0v) is 34.1. The van der Waals surface area contributed by atoms with Crippen LogP contribution in [0.25, 0.3) is 0 Å². The summed E-state index contributed by atoms with van der Waals surface area (Å²) in [5.41, 5.74) is 1.68. The fourth-order valence-corrected chi connectivity index (χ4v) is 12.1. The van der Waals surface area contributed by atoms with Crippen molar-refractivity contribution in [2.24, 2.45) is 23.7 Å². The first-order chi connectivity index (χ1) is 28.9. The van der Waals surface area contributed by atoms with Crippen LogP contribution in [-0.2, 0) is 44.0 Å². The molecule has 3 fully saturated rings. The molecular formula is C50H54O10. The van der Waals surface area contributed by atoms with Gasteiger partial charge in [-0.2, -0.15) is 0 Å². The van der Waals surface area contributed by atoms with Crippen molar-refractivity contribution in [3.05, 3.63) is 99.6 Å². The molecule has 6 aliphatic rings. The summed E-state index contributed by atoms with van der Waals surface area (Å²) in [6.45, 7) is 1.67. The first-order valence-electron chi connectivity index (χ1n) is 21.9. The highest BCUT2D eigenvalue weighted by molar-refractivity contribution is 5.89. The van der Waals surface area contributed by atoms with Gasteiger partial charge in [-0.15, -0.1) is 0 Å². The van der Waals surface area contributed by atoms with E-state index in [4.69, 9.17) is 9.47 Å². The molecule has 0 aromatic heterocycles. The quantitative estimate of drug-likeness (QED) is 0.108. The minimum Gasteiger partial charge on any atom is -0.508 e. The first kappa shape index (κ1) is 40.5. The fraction of sp³-hybridized carbons (Fsp3) is 0.500. The van der Waals surface area contributed by atoms with Gasteiger partial charge >= 0.3 is 11.9 Å². The maximum Gasteiger partial charge on any atom is 0.334 e. The summed E-state index contributed by atoms with van der Waals surface area (Å²) in [6.07, 6.45) is 5.36. The first-order valence-corrected chi connectivity index (χ1v) is 21.9. The standard InChI is InChI=1S/C50H54O10/c1-2-35-10-11-38-40-19-28-6-5-7-36(17-28)49(14-3-4-15-49)45(55)23-34-20-30(32-16-29(27-51)18-37(52)21-32)8-9-31-25-47(56)59-44-26-43(54)33(22-39(31)44)24-46(60-48(34)57)50(35,58)41(38)12-13-42(40)53/h5-7,16-18,21-23,26,30-31,35,38,40-41,45-46,51-52,54-55,58H,2-4,10-15,19-20,24-25,27H2,1H3/b34-23-/t30-,31+,35-,38+,40+,41-,45+,46+,50-/m0/s1. The van der Waals surface area contributed by atoms with Crippen LogP contribution in [0.4, 0.5) is 0 Å². The van der Waals surface area contributed by atoms with Gasteiger partial charge in [-0.25, -0.2) is 4.79 Å². The largest absolute Gasteiger partial charge is 0.508 e. The van der Waals surface area contributed by atoms with Gasteiger partial charge < -0.3 is 35.0 Å². The molecule has 9 rings (SSSR count). The van der Waals surface area contributed by atoms with Crippen LogP contribution in [0.5, 0.6) is 17.2 Å². The smallest absolute Gasteiger partial charge is 0.334 e. The molecule has 0 radical (unpaired) electrons. The maximum absolute atomic E-state index is 15.3. The van der Waals surface area contributed by atoms with Gasteiger partial charge in [0.2, 0.25) is 0 Å². The third-order valence-corrected chi connectivity index (χ3v) is 15.2. The Labute approximate surface area is 350 Å². The molecule has 3 heterocycles. The van der Waals surface area contributed by atoms with Crippen molar-refractivity contribution in [2.75, 3.05) is 0 Å². The van der Waals surface area contributed by atoms with Gasteiger partial charge in [0.25, 0.3) is 0 Å². The number of phenolic OH excluding ortho intramolecular Hbond substituents is 2.